The van der Waals surface area contributed by atoms with Gasteiger partial charge in [0.2, 0.25) is 11.9 Å². The zero-order chi connectivity index (χ0) is 13.6. The smallest absolute Gasteiger partial charge is 0.248 e. The van der Waals surface area contributed by atoms with E-state index in [4.69, 9.17) is 5.73 Å². The van der Waals surface area contributed by atoms with Gasteiger partial charge in [-0.05, 0) is 6.92 Å². The molecule has 0 aromatic carbocycles. The van der Waals surface area contributed by atoms with Gasteiger partial charge in [0.05, 0.1) is 11.8 Å². The molecule has 98 valence electrons. The molecule has 8 nitrogen and oxygen atoms in total. The first kappa shape index (κ1) is 11.5. The maximum atomic E-state index is 11.7. The van der Waals surface area contributed by atoms with Crippen molar-refractivity contribution in [3.05, 3.63) is 35.6 Å². The minimum atomic E-state index is -0.486. The van der Waals surface area contributed by atoms with Crippen molar-refractivity contribution in [3.8, 4) is 0 Å². The first-order chi connectivity index (χ1) is 9.08. The quantitative estimate of drug-likeness (QED) is 0.776. The second-order valence-electron chi connectivity index (χ2n) is 4.41. The van der Waals surface area contributed by atoms with Crippen molar-refractivity contribution in [2.45, 2.75) is 13.0 Å². The number of nitrogens with one attached hydrogen (secondary N) is 1. The molecule has 0 unspecified atom stereocenters. The zero-order valence-corrected chi connectivity index (χ0v) is 10.5. The highest BCUT2D eigenvalue weighted by Gasteiger charge is 2.32. The van der Waals surface area contributed by atoms with E-state index in [1.807, 2.05) is 13.2 Å². The maximum absolute atomic E-state index is 11.7. The molecule has 0 saturated heterocycles. The molecule has 3 rings (SSSR count). The SMILES string of the molecule is CC1=C(C(N)=O)[C@H](c2cnn(C)c2)n2ncnc2N1. The van der Waals surface area contributed by atoms with Gasteiger partial charge >= 0.3 is 0 Å². The Kier molecular flexibility index (Phi) is 2.37. The molecule has 2 aromatic heterocycles. The number of nitrogens with zero attached hydrogens (tertiary/aromatic N) is 5. The van der Waals surface area contributed by atoms with Gasteiger partial charge in [-0.3, -0.25) is 9.48 Å². The van der Waals surface area contributed by atoms with Crippen LogP contribution in [0.2, 0.25) is 0 Å². The molecule has 0 saturated carbocycles. The highest BCUT2D eigenvalue weighted by Crippen LogP contribution is 2.33. The molecule has 2 aromatic rings. The Bertz CT molecular complexity index is 681. The highest BCUT2D eigenvalue weighted by atomic mass is 16.1. The molecule has 19 heavy (non-hydrogen) atoms. The van der Waals surface area contributed by atoms with Gasteiger partial charge in [-0.1, -0.05) is 0 Å². The molecule has 0 fully saturated rings. The Balaban J connectivity index is 2.20. The van der Waals surface area contributed by atoms with E-state index in [1.165, 1.54) is 6.33 Å². The van der Waals surface area contributed by atoms with Crippen LogP contribution in [-0.4, -0.2) is 30.5 Å². The fourth-order valence-corrected chi connectivity index (χ4v) is 2.30. The van der Waals surface area contributed by atoms with Crippen molar-refractivity contribution >= 4 is 11.9 Å². The van der Waals surface area contributed by atoms with E-state index in [2.05, 4.69) is 20.5 Å². The van der Waals surface area contributed by atoms with Gasteiger partial charge in [0, 0.05) is 24.5 Å². The van der Waals surface area contributed by atoms with E-state index in [-0.39, 0.29) is 0 Å². The Morgan fingerprint density at radius 2 is 2.26 bits per heavy atom. The number of nitrogens with two attached hydrogens (primary N) is 1. The highest BCUT2D eigenvalue weighted by molar-refractivity contribution is 5.95. The van der Waals surface area contributed by atoms with E-state index in [0.29, 0.717) is 17.2 Å². The second kappa shape index (κ2) is 3.94. The van der Waals surface area contributed by atoms with Crippen LogP contribution < -0.4 is 11.1 Å². The zero-order valence-electron chi connectivity index (χ0n) is 10.5. The normalized spacial score (nSPS) is 18.1. The van der Waals surface area contributed by atoms with Gasteiger partial charge < -0.3 is 11.1 Å². The first-order valence-electron chi connectivity index (χ1n) is 5.73. The van der Waals surface area contributed by atoms with Crippen molar-refractivity contribution in [1.82, 2.24) is 24.5 Å². The number of primary amides is 1. The molecule has 3 heterocycles. The van der Waals surface area contributed by atoms with Gasteiger partial charge in [0.15, 0.2) is 0 Å². The molecule has 8 heteroatoms. The average Bonchev–Trinajstić information content (AvgIpc) is 2.95. The molecule has 1 atom stereocenters. The van der Waals surface area contributed by atoms with Crippen molar-refractivity contribution < 1.29 is 4.79 Å². The van der Waals surface area contributed by atoms with Gasteiger partial charge in [-0.25, -0.2) is 4.68 Å². The lowest BCUT2D eigenvalue weighted by Gasteiger charge is -2.26. The number of hydrogen-bond donors (Lipinski definition) is 2. The van der Waals surface area contributed by atoms with Crippen LogP contribution in [-0.2, 0) is 11.8 Å². The summed E-state index contributed by atoms with van der Waals surface area (Å²) in [4.78, 5) is 15.8. The first-order valence-corrected chi connectivity index (χ1v) is 5.73. The molecule has 1 aliphatic rings. The van der Waals surface area contributed by atoms with Crippen molar-refractivity contribution in [1.29, 1.82) is 0 Å². The van der Waals surface area contributed by atoms with E-state index in [9.17, 15) is 4.79 Å². The van der Waals surface area contributed by atoms with Crippen LogP contribution in [0.15, 0.2) is 30.0 Å². The van der Waals surface area contributed by atoms with E-state index < -0.39 is 11.9 Å². The van der Waals surface area contributed by atoms with E-state index in [1.54, 1.807) is 22.5 Å². The summed E-state index contributed by atoms with van der Waals surface area (Å²) in [5, 5.41) is 11.3. The van der Waals surface area contributed by atoms with Crippen LogP contribution in [0.25, 0.3) is 0 Å². The Hall–Kier alpha value is -2.64. The number of rotatable bonds is 2. The molecule has 0 bridgehead atoms. The summed E-state index contributed by atoms with van der Waals surface area (Å²) in [6.45, 7) is 1.79. The number of carbonyl (C=O) groups is 1. The van der Waals surface area contributed by atoms with Crippen molar-refractivity contribution in [2.75, 3.05) is 5.32 Å². The van der Waals surface area contributed by atoms with Crippen LogP contribution in [0, 0.1) is 0 Å². The molecule has 0 aliphatic carbocycles. The van der Waals surface area contributed by atoms with Gasteiger partial charge in [0.25, 0.3) is 0 Å². The average molecular weight is 259 g/mol. The Labute approximate surface area is 108 Å². The van der Waals surface area contributed by atoms with Crippen LogP contribution in [0.4, 0.5) is 5.95 Å². The largest absolute Gasteiger partial charge is 0.366 e. The number of hydrogen-bond acceptors (Lipinski definition) is 5. The van der Waals surface area contributed by atoms with Crippen LogP contribution in [0.3, 0.4) is 0 Å². The molecule has 1 amide bonds. The third-order valence-electron chi connectivity index (χ3n) is 3.10. The third-order valence-corrected chi connectivity index (χ3v) is 3.10. The third kappa shape index (κ3) is 1.68. The minimum Gasteiger partial charge on any atom is -0.366 e. The standard InChI is InChI=1S/C11H13N7O/c1-6-8(10(12)19)9(7-3-14-17(2)4-7)18-11(16-6)13-5-15-18/h3-5,9H,1-2H3,(H2,12,19)(H,13,15,16)/t9-/m0/s1. The van der Waals surface area contributed by atoms with Crippen LogP contribution in [0.5, 0.6) is 0 Å². The summed E-state index contributed by atoms with van der Waals surface area (Å²) in [5.74, 6) is 0.0938. The van der Waals surface area contributed by atoms with Gasteiger partial charge in [0.1, 0.15) is 12.4 Å². The van der Waals surface area contributed by atoms with Crippen LogP contribution >= 0.6 is 0 Å². The molecule has 0 spiro atoms. The topological polar surface area (TPSA) is 104 Å². The predicted molar refractivity (Wildman–Crippen MR) is 66.9 cm³/mol. The molecule has 0 radical (unpaired) electrons. The molecule has 1 aliphatic heterocycles. The van der Waals surface area contributed by atoms with Gasteiger partial charge in [-0.2, -0.15) is 15.2 Å². The number of carbonyl (C=O) groups excluding carboxylic acids is 1. The van der Waals surface area contributed by atoms with Gasteiger partial charge in [-0.15, -0.1) is 0 Å². The fourth-order valence-electron chi connectivity index (χ4n) is 2.30. The number of anilines is 1. The summed E-state index contributed by atoms with van der Waals surface area (Å²) in [5.41, 5.74) is 7.48. The minimum absolute atomic E-state index is 0.398. The summed E-state index contributed by atoms with van der Waals surface area (Å²) < 4.78 is 3.30. The number of amides is 1. The summed E-state index contributed by atoms with van der Waals surface area (Å²) >= 11 is 0. The molecular weight excluding hydrogens is 246 g/mol. The van der Waals surface area contributed by atoms with E-state index >= 15 is 0 Å². The number of fused-ring (bicyclic) bond motifs is 1. The maximum Gasteiger partial charge on any atom is 0.248 e. The lowest BCUT2D eigenvalue weighted by atomic mass is 9.98. The Morgan fingerprint density at radius 3 is 2.89 bits per heavy atom. The summed E-state index contributed by atoms with van der Waals surface area (Å²) in [7, 11) is 1.81. The van der Waals surface area contributed by atoms with Crippen molar-refractivity contribution in [3.63, 3.8) is 0 Å². The summed E-state index contributed by atoms with van der Waals surface area (Å²) in [6, 6.07) is -0.398. The summed E-state index contributed by atoms with van der Waals surface area (Å²) in [6.07, 6.45) is 4.96. The lowest BCUT2D eigenvalue weighted by Crippen LogP contribution is -2.31. The van der Waals surface area contributed by atoms with E-state index in [0.717, 1.165) is 5.56 Å². The lowest BCUT2D eigenvalue weighted by molar-refractivity contribution is -0.115. The van der Waals surface area contributed by atoms with Crippen molar-refractivity contribution in [2.24, 2.45) is 12.8 Å². The fraction of sp³-hybridized carbons (Fsp3) is 0.273. The molecular formula is C11H13N7O. The number of allylic oxidation sites excluding steroid dienone is 1. The Morgan fingerprint density at radius 1 is 1.47 bits per heavy atom. The predicted octanol–water partition coefficient (Wildman–Crippen LogP) is -0.214. The number of aryl methyl sites for hydroxylation is 1. The molecule has 3 N–H and O–H groups in total. The second-order valence-corrected chi connectivity index (χ2v) is 4.41. The monoisotopic (exact) mass is 259 g/mol. The van der Waals surface area contributed by atoms with Crippen LogP contribution in [0.1, 0.15) is 18.5 Å². The number of aromatic nitrogens is 5.